The second-order valence-corrected chi connectivity index (χ2v) is 13.9. The first-order valence-corrected chi connectivity index (χ1v) is 15.9. The molecule has 1 atom stereocenters. The highest BCUT2D eigenvalue weighted by atomic mass is 32.2. The highest BCUT2D eigenvalue weighted by Gasteiger charge is 2.38. The van der Waals surface area contributed by atoms with Gasteiger partial charge in [-0.3, -0.25) is 0 Å². The van der Waals surface area contributed by atoms with Gasteiger partial charge in [-0.25, -0.2) is 0 Å². The monoisotopic (exact) mass is 549 g/mol. The molecule has 0 aliphatic carbocycles. The molecule has 6 aromatic carbocycles. The number of para-hydroxylation sites is 2. The van der Waals surface area contributed by atoms with Crippen molar-refractivity contribution in [1.29, 1.82) is 0 Å². The summed E-state index contributed by atoms with van der Waals surface area (Å²) >= 11 is 1.71. The minimum atomic E-state index is -3.04. The van der Waals surface area contributed by atoms with Crippen LogP contribution in [0.5, 0.6) is 0 Å². The van der Waals surface area contributed by atoms with Crippen molar-refractivity contribution in [1.82, 2.24) is 4.57 Å². The number of benzene rings is 6. The summed E-state index contributed by atoms with van der Waals surface area (Å²) in [5.74, 6) is 0. The van der Waals surface area contributed by atoms with Gasteiger partial charge in [-0.2, -0.15) is 0 Å². The van der Waals surface area contributed by atoms with E-state index in [1.807, 2.05) is 48.5 Å². The first-order valence-electron chi connectivity index (χ1n) is 13.4. The summed E-state index contributed by atoms with van der Waals surface area (Å²) in [6.07, 6.45) is 0. The van der Waals surface area contributed by atoms with Crippen molar-refractivity contribution >= 4 is 56.6 Å². The van der Waals surface area contributed by atoms with Crippen molar-refractivity contribution in [2.45, 2.75) is 9.79 Å². The normalized spacial score (nSPS) is 16.1. The molecule has 1 aliphatic heterocycles. The fourth-order valence-electron chi connectivity index (χ4n) is 6.00. The Labute approximate surface area is 237 Å². The predicted octanol–water partition coefficient (Wildman–Crippen LogP) is 8.55. The first kappa shape index (κ1) is 23.6. The molecule has 1 aliphatic rings. The van der Waals surface area contributed by atoms with Crippen LogP contribution in [0, 0.1) is 0 Å². The predicted molar refractivity (Wildman–Crippen MR) is 170 cm³/mol. The summed E-state index contributed by atoms with van der Waals surface area (Å²) in [6, 6.07) is 50.4. The quantitative estimate of drug-likeness (QED) is 0.206. The zero-order valence-electron chi connectivity index (χ0n) is 21.6. The maximum Gasteiger partial charge on any atom is 0.173 e. The van der Waals surface area contributed by atoms with Gasteiger partial charge in [0.2, 0.25) is 0 Å². The van der Waals surface area contributed by atoms with Crippen LogP contribution in [0.2, 0.25) is 0 Å². The second kappa shape index (κ2) is 9.13. The Balaban J connectivity index is 1.34. The zero-order chi connectivity index (χ0) is 26.7. The molecular weight excluding hydrogens is 525 g/mol. The van der Waals surface area contributed by atoms with Crippen molar-refractivity contribution in [2.24, 2.45) is 0 Å². The Morgan fingerprint density at radius 1 is 0.500 bits per heavy atom. The van der Waals surface area contributed by atoms with Gasteiger partial charge in [-0.05, 0) is 65.7 Å². The van der Waals surface area contributed by atoms with Crippen LogP contribution in [-0.4, -0.2) is 4.57 Å². The zero-order valence-corrected chi connectivity index (χ0v) is 23.3. The molecular formula is C36H24NOPS. The third-order valence-corrected chi connectivity index (χ3v) is 12.5. The lowest BCUT2D eigenvalue weighted by molar-refractivity contribution is 0.591. The van der Waals surface area contributed by atoms with E-state index in [9.17, 15) is 0 Å². The molecule has 4 heteroatoms. The van der Waals surface area contributed by atoms with Crippen molar-refractivity contribution in [2.75, 3.05) is 0 Å². The molecule has 0 radical (unpaired) electrons. The molecule has 40 heavy (non-hydrogen) atoms. The fraction of sp³-hybridized carbons (Fsp3) is 0. The molecule has 190 valence electrons. The van der Waals surface area contributed by atoms with Crippen molar-refractivity contribution in [3.63, 3.8) is 0 Å². The number of fused-ring (bicyclic) bond motifs is 5. The number of nitrogens with zero attached hydrogens (tertiary/aromatic N) is 1. The van der Waals surface area contributed by atoms with Crippen LogP contribution in [0.3, 0.4) is 0 Å². The lowest BCUT2D eigenvalue weighted by atomic mass is 10.0. The minimum Gasteiger partial charge on any atom is -0.309 e. The van der Waals surface area contributed by atoms with Crippen LogP contribution in [-0.2, 0) is 4.57 Å². The van der Waals surface area contributed by atoms with E-state index in [1.54, 1.807) is 11.8 Å². The fourth-order valence-corrected chi connectivity index (χ4v) is 10.7. The summed E-state index contributed by atoms with van der Waals surface area (Å²) in [7, 11) is -3.04. The van der Waals surface area contributed by atoms with Crippen molar-refractivity contribution < 1.29 is 4.57 Å². The van der Waals surface area contributed by atoms with Gasteiger partial charge in [0.25, 0.3) is 0 Å². The molecule has 0 bridgehead atoms. The summed E-state index contributed by atoms with van der Waals surface area (Å²) in [5.41, 5.74) is 5.71. The van der Waals surface area contributed by atoms with Crippen LogP contribution in [0.4, 0.5) is 0 Å². The van der Waals surface area contributed by atoms with E-state index >= 15 is 4.57 Å². The Morgan fingerprint density at radius 2 is 1.12 bits per heavy atom. The van der Waals surface area contributed by atoms with Gasteiger partial charge in [0, 0.05) is 42.2 Å². The molecule has 0 amide bonds. The number of hydrogen-bond acceptors (Lipinski definition) is 2. The van der Waals surface area contributed by atoms with Crippen LogP contribution in [0.25, 0.3) is 38.6 Å². The molecule has 0 spiro atoms. The summed E-state index contributed by atoms with van der Waals surface area (Å²) in [6.45, 7) is 0. The summed E-state index contributed by atoms with van der Waals surface area (Å²) in [5, 5.41) is 5.16. The average molecular weight is 550 g/mol. The maximum atomic E-state index is 15.2. The second-order valence-electron chi connectivity index (χ2n) is 10.1. The Bertz CT molecular complexity index is 2110. The van der Waals surface area contributed by atoms with Gasteiger partial charge in [-0.15, -0.1) is 0 Å². The van der Waals surface area contributed by atoms with Crippen LogP contribution in [0.15, 0.2) is 155 Å². The van der Waals surface area contributed by atoms with Crippen molar-refractivity contribution in [3.8, 4) is 16.8 Å². The third-order valence-electron chi connectivity index (χ3n) is 7.86. The highest BCUT2D eigenvalue weighted by molar-refractivity contribution is 8.02. The number of rotatable bonds is 3. The molecule has 1 aromatic heterocycles. The van der Waals surface area contributed by atoms with E-state index in [-0.39, 0.29) is 0 Å². The first-order chi connectivity index (χ1) is 19.7. The third kappa shape index (κ3) is 3.48. The molecule has 0 N–H and O–H groups in total. The van der Waals surface area contributed by atoms with E-state index < -0.39 is 7.14 Å². The lowest BCUT2D eigenvalue weighted by Crippen LogP contribution is -2.30. The van der Waals surface area contributed by atoms with Gasteiger partial charge in [0.1, 0.15) is 0 Å². The van der Waals surface area contributed by atoms with Gasteiger partial charge in [-0.1, -0.05) is 103 Å². The molecule has 2 nitrogen and oxygen atoms in total. The molecule has 0 fully saturated rings. The van der Waals surface area contributed by atoms with Crippen molar-refractivity contribution in [3.05, 3.63) is 146 Å². The topological polar surface area (TPSA) is 22.0 Å². The maximum absolute atomic E-state index is 15.2. The van der Waals surface area contributed by atoms with Gasteiger partial charge < -0.3 is 9.13 Å². The minimum absolute atomic E-state index is 0.877. The average Bonchev–Trinajstić information content (AvgIpc) is 3.36. The molecule has 0 saturated carbocycles. The van der Waals surface area contributed by atoms with E-state index in [1.165, 1.54) is 21.8 Å². The van der Waals surface area contributed by atoms with Crippen LogP contribution >= 0.6 is 18.9 Å². The number of hydrogen-bond donors (Lipinski definition) is 0. The molecule has 0 saturated heterocycles. The molecule has 8 rings (SSSR count). The summed E-state index contributed by atoms with van der Waals surface area (Å²) in [4.78, 5) is 2.14. The van der Waals surface area contributed by atoms with E-state index in [4.69, 9.17) is 0 Å². The van der Waals surface area contributed by atoms with E-state index in [0.29, 0.717) is 0 Å². The van der Waals surface area contributed by atoms with E-state index in [2.05, 4.69) is 102 Å². The van der Waals surface area contributed by atoms with Gasteiger partial charge in [0.05, 0.1) is 11.0 Å². The Hall–Kier alpha value is -4.30. The van der Waals surface area contributed by atoms with Gasteiger partial charge >= 0.3 is 0 Å². The highest BCUT2D eigenvalue weighted by Crippen LogP contribution is 2.52. The Morgan fingerprint density at radius 3 is 1.98 bits per heavy atom. The number of aromatic nitrogens is 1. The SMILES string of the molecule is O=P1(c2ccccc2)c2ccccc2Sc2ccc(-c3ccc4c(c3)c3ccccc3n4-c3ccccc3)cc21. The standard InChI is InChI=1S/C36H24NOPS/c38-39(28-13-5-2-6-14-28)33-17-9-10-18-35(33)40-36-22-20-26(24-34(36)39)25-19-21-32-30(23-25)29-15-7-8-16-31(29)37(32)27-11-3-1-4-12-27/h1-24H. The van der Waals surface area contributed by atoms with E-state index in [0.717, 1.165) is 42.5 Å². The molecule has 2 heterocycles. The summed E-state index contributed by atoms with van der Waals surface area (Å²) < 4.78 is 17.5. The molecule has 1 unspecified atom stereocenters. The lowest BCUT2D eigenvalue weighted by Gasteiger charge is -2.29. The Kier molecular flexibility index (Phi) is 5.38. The van der Waals surface area contributed by atoms with Crippen LogP contribution < -0.4 is 15.9 Å². The largest absolute Gasteiger partial charge is 0.309 e. The molecule has 7 aromatic rings. The smallest absolute Gasteiger partial charge is 0.173 e. The van der Waals surface area contributed by atoms with Gasteiger partial charge in [0.15, 0.2) is 7.14 Å². The van der Waals surface area contributed by atoms with Crippen LogP contribution in [0.1, 0.15) is 0 Å².